The van der Waals surface area contributed by atoms with Gasteiger partial charge in [0.25, 0.3) is 0 Å². The lowest BCUT2D eigenvalue weighted by Crippen LogP contribution is -2.01. The highest BCUT2D eigenvalue weighted by Crippen LogP contribution is 2.36. The fraction of sp³-hybridized carbons (Fsp3) is 0.455. The molecule has 0 aliphatic rings. The van der Waals surface area contributed by atoms with Crippen LogP contribution in [0.15, 0.2) is 18.2 Å². The second kappa shape index (κ2) is 4.90. The molecule has 0 spiro atoms. The third-order valence-corrected chi connectivity index (χ3v) is 3.05. The summed E-state index contributed by atoms with van der Waals surface area (Å²) in [6, 6.07) is 5.50. The van der Waals surface area contributed by atoms with Gasteiger partial charge in [0.05, 0.1) is 12.5 Å². The molecule has 0 aliphatic carbocycles. The average molecular weight is 233 g/mol. The molecular weight excluding hydrogens is 219 g/mol. The molecule has 1 nitrogen and oxygen atoms in total. The van der Waals surface area contributed by atoms with E-state index in [1.165, 1.54) is 0 Å². The maximum Gasteiger partial charge on any atom is 0.123 e. The first-order valence-corrected chi connectivity index (χ1v) is 5.35. The molecule has 14 heavy (non-hydrogen) atoms. The van der Waals surface area contributed by atoms with Gasteiger partial charge in [-0.1, -0.05) is 25.4 Å². The normalized spacial score (nSPS) is 13.0. The fourth-order valence-corrected chi connectivity index (χ4v) is 1.63. The van der Waals surface area contributed by atoms with Crippen LogP contribution < -0.4 is 4.74 Å². The molecule has 0 saturated heterocycles. The molecule has 0 aromatic heterocycles. The minimum absolute atomic E-state index is 0.0661. The van der Waals surface area contributed by atoms with Gasteiger partial charge in [0, 0.05) is 10.6 Å². The second-order valence-electron chi connectivity index (χ2n) is 3.53. The Labute approximate surface area is 95.0 Å². The Morgan fingerprint density at radius 1 is 1.29 bits per heavy atom. The van der Waals surface area contributed by atoms with Crippen LogP contribution in [-0.2, 0) is 0 Å². The molecule has 1 aromatic rings. The highest BCUT2D eigenvalue weighted by Gasteiger charge is 2.17. The van der Waals surface area contributed by atoms with E-state index in [-0.39, 0.29) is 5.38 Å². The molecule has 0 fully saturated rings. The van der Waals surface area contributed by atoms with E-state index in [0.717, 1.165) is 11.3 Å². The van der Waals surface area contributed by atoms with Crippen molar-refractivity contribution in [2.24, 2.45) is 5.92 Å². The number of benzene rings is 1. The number of rotatable bonds is 3. The molecule has 0 N–H and O–H groups in total. The van der Waals surface area contributed by atoms with E-state index >= 15 is 0 Å². The van der Waals surface area contributed by atoms with Gasteiger partial charge in [-0.05, 0) is 24.1 Å². The first-order valence-electron chi connectivity index (χ1n) is 4.53. The summed E-state index contributed by atoms with van der Waals surface area (Å²) in [5.74, 6) is 1.15. The maximum atomic E-state index is 6.26. The van der Waals surface area contributed by atoms with Crippen molar-refractivity contribution in [3.63, 3.8) is 0 Å². The third-order valence-electron chi connectivity index (χ3n) is 2.07. The maximum absolute atomic E-state index is 6.26. The van der Waals surface area contributed by atoms with E-state index in [1.807, 2.05) is 12.1 Å². The standard InChI is InChI=1S/C11H14Cl2O/c1-7(2)11(13)9-6-8(12)4-5-10(9)14-3/h4-7,11H,1-3H3. The molecule has 0 saturated carbocycles. The van der Waals surface area contributed by atoms with E-state index in [0.29, 0.717) is 10.9 Å². The van der Waals surface area contributed by atoms with Crippen LogP contribution in [0.3, 0.4) is 0 Å². The van der Waals surface area contributed by atoms with Gasteiger partial charge in [-0.2, -0.15) is 0 Å². The highest BCUT2D eigenvalue weighted by molar-refractivity contribution is 6.31. The smallest absolute Gasteiger partial charge is 0.123 e. The summed E-state index contributed by atoms with van der Waals surface area (Å²) >= 11 is 12.2. The second-order valence-corrected chi connectivity index (χ2v) is 4.44. The van der Waals surface area contributed by atoms with Gasteiger partial charge in [-0.15, -0.1) is 11.6 Å². The van der Waals surface area contributed by atoms with Gasteiger partial charge >= 0.3 is 0 Å². The summed E-state index contributed by atoms with van der Waals surface area (Å²) in [4.78, 5) is 0. The average Bonchev–Trinajstić information content (AvgIpc) is 2.16. The Morgan fingerprint density at radius 3 is 2.43 bits per heavy atom. The van der Waals surface area contributed by atoms with Crippen LogP contribution in [-0.4, -0.2) is 7.11 Å². The molecule has 0 bridgehead atoms. The SMILES string of the molecule is COc1ccc(Cl)cc1C(Cl)C(C)C. The van der Waals surface area contributed by atoms with Crippen molar-refractivity contribution in [2.75, 3.05) is 7.11 Å². The number of methoxy groups -OCH3 is 1. The Hall–Kier alpha value is -0.400. The van der Waals surface area contributed by atoms with Crippen molar-refractivity contribution in [3.8, 4) is 5.75 Å². The Kier molecular flexibility index (Phi) is 4.09. The van der Waals surface area contributed by atoms with Crippen molar-refractivity contribution < 1.29 is 4.74 Å². The molecular formula is C11H14Cl2O. The van der Waals surface area contributed by atoms with Gasteiger partial charge in [-0.25, -0.2) is 0 Å². The number of halogens is 2. The van der Waals surface area contributed by atoms with Gasteiger partial charge < -0.3 is 4.74 Å². The van der Waals surface area contributed by atoms with E-state index < -0.39 is 0 Å². The molecule has 0 aliphatic heterocycles. The Bertz CT molecular complexity index is 310. The van der Waals surface area contributed by atoms with Crippen molar-refractivity contribution in [2.45, 2.75) is 19.2 Å². The largest absolute Gasteiger partial charge is 0.496 e. The molecule has 78 valence electrons. The number of ether oxygens (including phenoxy) is 1. The number of hydrogen-bond donors (Lipinski definition) is 0. The minimum atomic E-state index is -0.0661. The van der Waals surface area contributed by atoms with Crippen LogP contribution >= 0.6 is 23.2 Å². The van der Waals surface area contributed by atoms with Crippen LogP contribution in [0.2, 0.25) is 5.02 Å². The van der Waals surface area contributed by atoms with Gasteiger partial charge in [0.2, 0.25) is 0 Å². The van der Waals surface area contributed by atoms with Crippen LogP contribution in [0.25, 0.3) is 0 Å². The lowest BCUT2D eigenvalue weighted by atomic mass is 10.0. The molecule has 1 atom stereocenters. The quantitative estimate of drug-likeness (QED) is 0.708. The third kappa shape index (κ3) is 2.55. The summed E-state index contributed by atoms with van der Waals surface area (Å²) in [5.41, 5.74) is 0.955. The zero-order valence-corrected chi connectivity index (χ0v) is 10.1. The molecule has 1 rings (SSSR count). The summed E-state index contributed by atoms with van der Waals surface area (Å²) < 4.78 is 5.23. The minimum Gasteiger partial charge on any atom is -0.496 e. The van der Waals surface area contributed by atoms with E-state index in [1.54, 1.807) is 13.2 Å². The van der Waals surface area contributed by atoms with Crippen molar-refractivity contribution >= 4 is 23.2 Å². The lowest BCUT2D eigenvalue weighted by molar-refractivity contribution is 0.405. The first kappa shape index (κ1) is 11.7. The zero-order chi connectivity index (χ0) is 10.7. The first-order chi connectivity index (χ1) is 6.56. The predicted octanol–water partition coefficient (Wildman–Crippen LogP) is 4.28. The summed E-state index contributed by atoms with van der Waals surface area (Å²) in [6.45, 7) is 4.13. The molecule has 3 heteroatoms. The van der Waals surface area contributed by atoms with Crippen molar-refractivity contribution in [3.05, 3.63) is 28.8 Å². The summed E-state index contributed by atoms with van der Waals surface area (Å²) in [5, 5.41) is 0.621. The lowest BCUT2D eigenvalue weighted by Gasteiger charge is -2.17. The monoisotopic (exact) mass is 232 g/mol. The van der Waals surface area contributed by atoms with E-state index in [9.17, 15) is 0 Å². The number of hydrogen-bond acceptors (Lipinski definition) is 1. The molecule has 1 unspecified atom stereocenters. The molecule has 0 amide bonds. The summed E-state index contributed by atoms with van der Waals surface area (Å²) in [6.07, 6.45) is 0. The van der Waals surface area contributed by atoms with Gasteiger partial charge in [0.1, 0.15) is 5.75 Å². The predicted molar refractivity (Wildman–Crippen MR) is 61.4 cm³/mol. The van der Waals surface area contributed by atoms with E-state index in [2.05, 4.69) is 13.8 Å². The van der Waals surface area contributed by atoms with Gasteiger partial charge in [-0.3, -0.25) is 0 Å². The van der Waals surface area contributed by atoms with Crippen molar-refractivity contribution in [1.29, 1.82) is 0 Å². The van der Waals surface area contributed by atoms with Crippen LogP contribution in [0, 0.1) is 5.92 Å². The topological polar surface area (TPSA) is 9.23 Å². The Morgan fingerprint density at radius 2 is 1.93 bits per heavy atom. The highest BCUT2D eigenvalue weighted by atomic mass is 35.5. The molecule has 1 aromatic carbocycles. The fourth-order valence-electron chi connectivity index (χ4n) is 1.28. The van der Waals surface area contributed by atoms with E-state index in [4.69, 9.17) is 27.9 Å². The molecule has 0 heterocycles. The van der Waals surface area contributed by atoms with Crippen molar-refractivity contribution in [1.82, 2.24) is 0 Å². The summed E-state index contributed by atoms with van der Waals surface area (Å²) in [7, 11) is 1.64. The molecule has 0 radical (unpaired) electrons. The van der Waals surface area contributed by atoms with Crippen LogP contribution in [0.5, 0.6) is 5.75 Å². The zero-order valence-electron chi connectivity index (χ0n) is 8.55. The van der Waals surface area contributed by atoms with Crippen LogP contribution in [0.1, 0.15) is 24.8 Å². The van der Waals surface area contributed by atoms with Crippen LogP contribution in [0.4, 0.5) is 0 Å². The number of alkyl halides is 1. The van der Waals surface area contributed by atoms with Gasteiger partial charge in [0.15, 0.2) is 0 Å². The Balaban J connectivity index is 3.10.